The molecule has 5 nitrogen and oxygen atoms in total. The quantitative estimate of drug-likeness (QED) is 0.807. The van der Waals surface area contributed by atoms with E-state index in [1.807, 2.05) is 20.8 Å². The molecule has 1 rings (SSSR count). The second kappa shape index (κ2) is 4.57. The van der Waals surface area contributed by atoms with E-state index in [-0.39, 0.29) is 5.91 Å². The average Bonchev–Trinajstić information content (AvgIpc) is 2.60. The highest BCUT2D eigenvalue weighted by Gasteiger charge is 2.26. The summed E-state index contributed by atoms with van der Waals surface area (Å²) >= 11 is 1.31. The predicted molar refractivity (Wildman–Crippen MR) is 61.0 cm³/mol. The highest BCUT2D eigenvalue weighted by molar-refractivity contribution is 7.09. The van der Waals surface area contributed by atoms with Crippen LogP contribution in [-0.4, -0.2) is 28.9 Å². The van der Waals surface area contributed by atoms with Gasteiger partial charge in [-0.3, -0.25) is 4.79 Å². The summed E-state index contributed by atoms with van der Waals surface area (Å²) in [6, 6.07) is 0. The van der Waals surface area contributed by atoms with Gasteiger partial charge in [-0.2, -0.15) is 4.37 Å². The van der Waals surface area contributed by atoms with Crippen LogP contribution in [0, 0.1) is 12.3 Å². The molecule has 0 bridgehead atoms. The van der Waals surface area contributed by atoms with Gasteiger partial charge in [0, 0.05) is 25.1 Å². The first-order valence-electron chi connectivity index (χ1n) is 4.72. The molecule has 0 aliphatic carbocycles. The third kappa shape index (κ3) is 3.16. The molecule has 0 aromatic carbocycles. The van der Waals surface area contributed by atoms with Gasteiger partial charge in [-0.25, -0.2) is 4.98 Å². The number of hydrogen-bond donors (Lipinski definition) is 2. The van der Waals surface area contributed by atoms with E-state index in [4.69, 9.17) is 0 Å². The maximum atomic E-state index is 11.5. The molecule has 1 aromatic rings. The van der Waals surface area contributed by atoms with Crippen molar-refractivity contribution in [1.29, 1.82) is 0 Å². The maximum absolute atomic E-state index is 11.5. The molecule has 2 N–H and O–H groups in total. The minimum atomic E-state index is -0.450. The van der Waals surface area contributed by atoms with Gasteiger partial charge in [-0.1, -0.05) is 0 Å². The zero-order chi connectivity index (χ0) is 11.5. The Hall–Kier alpha value is -1.17. The minimum Gasteiger partial charge on any atom is -0.359 e. The van der Waals surface area contributed by atoms with E-state index in [9.17, 15) is 4.79 Å². The van der Waals surface area contributed by atoms with Crippen molar-refractivity contribution in [3.05, 3.63) is 5.82 Å². The molecular formula is C9H16N4OS. The SMILES string of the molecule is CNC(=O)C(C)(C)CNc1nc(C)ns1. The summed E-state index contributed by atoms with van der Waals surface area (Å²) in [6.07, 6.45) is 0. The van der Waals surface area contributed by atoms with Crippen molar-refractivity contribution in [3.63, 3.8) is 0 Å². The molecule has 0 saturated carbocycles. The molecule has 0 aliphatic rings. The number of carbonyl (C=O) groups is 1. The average molecular weight is 228 g/mol. The summed E-state index contributed by atoms with van der Waals surface area (Å²) in [7, 11) is 1.64. The lowest BCUT2D eigenvalue weighted by molar-refractivity contribution is -0.128. The van der Waals surface area contributed by atoms with Crippen LogP contribution in [0.2, 0.25) is 0 Å². The Morgan fingerprint density at radius 2 is 2.20 bits per heavy atom. The van der Waals surface area contributed by atoms with Crippen LogP contribution < -0.4 is 10.6 Å². The topological polar surface area (TPSA) is 66.9 Å². The first-order valence-corrected chi connectivity index (χ1v) is 5.49. The van der Waals surface area contributed by atoms with Gasteiger partial charge in [0.1, 0.15) is 5.82 Å². The Morgan fingerprint density at radius 3 is 2.67 bits per heavy atom. The molecule has 0 atom stereocenters. The number of anilines is 1. The van der Waals surface area contributed by atoms with Gasteiger partial charge in [0.15, 0.2) is 0 Å². The van der Waals surface area contributed by atoms with Gasteiger partial charge in [-0.05, 0) is 20.8 Å². The largest absolute Gasteiger partial charge is 0.359 e. The summed E-state index contributed by atoms with van der Waals surface area (Å²) in [5.41, 5.74) is -0.450. The van der Waals surface area contributed by atoms with Gasteiger partial charge < -0.3 is 10.6 Å². The number of aryl methyl sites for hydroxylation is 1. The Bertz CT molecular complexity index is 348. The number of nitrogens with one attached hydrogen (secondary N) is 2. The molecule has 0 radical (unpaired) electrons. The van der Waals surface area contributed by atoms with Crippen LogP contribution in [0.25, 0.3) is 0 Å². The van der Waals surface area contributed by atoms with Crippen molar-refractivity contribution in [2.75, 3.05) is 18.9 Å². The first-order chi connectivity index (χ1) is 6.95. The molecule has 15 heavy (non-hydrogen) atoms. The number of nitrogens with zero attached hydrogens (tertiary/aromatic N) is 2. The zero-order valence-corrected chi connectivity index (χ0v) is 10.2. The Balaban J connectivity index is 2.53. The van der Waals surface area contributed by atoms with Crippen LogP contribution in [-0.2, 0) is 4.79 Å². The Kier molecular flexibility index (Phi) is 3.62. The molecule has 0 fully saturated rings. The highest BCUT2D eigenvalue weighted by atomic mass is 32.1. The molecule has 1 heterocycles. The molecule has 6 heteroatoms. The predicted octanol–water partition coefficient (Wildman–Crippen LogP) is 1.03. The second-order valence-electron chi connectivity index (χ2n) is 3.96. The Labute approximate surface area is 93.5 Å². The van der Waals surface area contributed by atoms with Gasteiger partial charge in [0.05, 0.1) is 5.41 Å². The van der Waals surface area contributed by atoms with Gasteiger partial charge in [0.2, 0.25) is 11.0 Å². The second-order valence-corrected chi connectivity index (χ2v) is 4.72. The van der Waals surface area contributed by atoms with Crippen LogP contribution in [0.5, 0.6) is 0 Å². The number of hydrogen-bond acceptors (Lipinski definition) is 5. The van der Waals surface area contributed by atoms with Crippen molar-refractivity contribution in [3.8, 4) is 0 Å². The number of rotatable bonds is 4. The summed E-state index contributed by atoms with van der Waals surface area (Å²) in [5, 5.41) is 6.49. The van der Waals surface area contributed by atoms with Crippen molar-refractivity contribution >= 4 is 22.6 Å². The summed E-state index contributed by atoms with van der Waals surface area (Å²) in [4.78, 5) is 15.6. The summed E-state index contributed by atoms with van der Waals surface area (Å²) in [5.74, 6) is 0.761. The minimum absolute atomic E-state index is 0.0104. The molecule has 1 aromatic heterocycles. The first kappa shape index (κ1) is 11.9. The number of amides is 1. The Morgan fingerprint density at radius 1 is 1.53 bits per heavy atom. The molecule has 0 aliphatic heterocycles. The van der Waals surface area contributed by atoms with Crippen LogP contribution in [0.3, 0.4) is 0 Å². The van der Waals surface area contributed by atoms with E-state index in [2.05, 4.69) is 20.0 Å². The van der Waals surface area contributed by atoms with Crippen molar-refractivity contribution in [2.45, 2.75) is 20.8 Å². The van der Waals surface area contributed by atoms with Gasteiger partial charge in [-0.15, -0.1) is 0 Å². The standard InChI is InChI=1S/C9H16N4OS/c1-6-12-8(15-13-6)11-5-9(2,3)7(14)10-4/h5H2,1-4H3,(H,10,14)(H,11,12,13). The molecule has 84 valence electrons. The lowest BCUT2D eigenvalue weighted by Crippen LogP contribution is -2.39. The van der Waals surface area contributed by atoms with E-state index in [1.54, 1.807) is 7.05 Å². The van der Waals surface area contributed by atoms with Gasteiger partial charge >= 0.3 is 0 Å². The summed E-state index contributed by atoms with van der Waals surface area (Å²) < 4.78 is 4.05. The van der Waals surface area contributed by atoms with Crippen molar-refractivity contribution < 1.29 is 4.79 Å². The molecule has 0 saturated heterocycles. The monoisotopic (exact) mass is 228 g/mol. The van der Waals surface area contributed by atoms with Crippen LogP contribution in [0.15, 0.2) is 0 Å². The molecule has 0 unspecified atom stereocenters. The van der Waals surface area contributed by atoms with Gasteiger partial charge in [0.25, 0.3) is 0 Å². The lowest BCUT2D eigenvalue weighted by Gasteiger charge is -2.22. The summed E-state index contributed by atoms with van der Waals surface area (Å²) in [6.45, 7) is 6.15. The highest BCUT2D eigenvalue weighted by Crippen LogP contribution is 2.17. The van der Waals surface area contributed by atoms with E-state index >= 15 is 0 Å². The van der Waals surface area contributed by atoms with Crippen molar-refractivity contribution in [1.82, 2.24) is 14.7 Å². The van der Waals surface area contributed by atoms with Crippen LogP contribution in [0.4, 0.5) is 5.13 Å². The zero-order valence-electron chi connectivity index (χ0n) is 9.42. The smallest absolute Gasteiger partial charge is 0.227 e. The lowest BCUT2D eigenvalue weighted by atomic mass is 9.92. The van der Waals surface area contributed by atoms with Crippen molar-refractivity contribution in [2.24, 2.45) is 5.41 Å². The molecular weight excluding hydrogens is 212 g/mol. The fraction of sp³-hybridized carbons (Fsp3) is 0.667. The fourth-order valence-corrected chi connectivity index (χ4v) is 1.65. The van der Waals surface area contributed by atoms with E-state index in [0.717, 1.165) is 11.0 Å². The maximum Gasteiger partial charge on any atom is 0.227 e. The van der Waals surface area contributed by atoms with Crippen LogP contribution >= 0.6 is 11.5 Å². The third-order valence-electron chi connectivity index (χ3n) is 2.05. The number of aromatic nitrogens is 2. The molecule has 0 spiro atoms. The van der Waals surface area contributed by atoms with E-state index < -0.39 is 5.41 Å². The normalized spacial score (nSPS) is 11.2. The van der Waals surface area contributed by atoms with E-state index in [1.165, 1.54) is 11.5 Å². The fourth-order valence-electron chi connectivity index (χ4n) is 1.08. The van der Waals surface area contributed by atoms with E-state index in [0.29, 0.717) is 6.54 Å². The number of carbonyl (C=O) groups excluding carboxylic acids is 1. The third-order valence-corrected chi connectivity index (χ3v) is 2.81. The molecule has 1 amide bonds. The van der Waals surface area contributed by atoms with Crippen LogP contribution in [0.1, 0.15) is 19.7 Å².